The molecule has 0 unspecified atom stereocenters. The molecule has 0 aliphatic heterocycles. The van der Waals surface area contributed by atoms with Crippen LogP contribution in [0, 0.1) is 19.8 Å². The topological polar surface area (TPSA) is 66.5 Å². The molecule has 1 aliphatic rings. The van der Waals surface area contributed by atoms with Gasteiger partial charge in [-0.25, -0.2) is 8.42 Å². The molecular weight excluding hydrogens is 324 g/mol. The van der Waals surface area contributed by atoms with Crippen molar-refractivity contribution < 1.29 is 13.2 Å². The second kappa shape index (κ2) is 6.46. The van der Waals surface area contributed by atoms with E-state index in [1.807, 2.05) is 19.9 Å². The average molecular weight is 345 g/mol. The van der Waals surface area contributed by atoms with E-state index in [-0.39, 0.29) is 24.9 Å². The maximum atomic E-state index is 12.1. The number of nitrogens with zero attached hydrogens (tertiary/aromatic N) is 1. The third-order valence-corrected chi connectivity index (χ3v) is 5.06. The number of hydrogen-bond donors (Lipinski definition) is 1. The number of carbonyl (C=O) groups excluding carboxylic acids is 1. The van der Waals surface area contributed by atoms with Crippen LogP contribution >= 0.6 is 11.6 Å². The number of aryl methyl sites for hydroxylation is 2. The Bertz CT molecular complexity index is 661. The fourth-order valence-electron chi connectivity index (χ4n) is 2.44. The van der Waals surface area contributed by atoms with E-state index in [0.717, 1.165) is 30.2 Å². The first kappa shape index (κ1) is 17.1. The molecule has 122 valence electrons. The van der Waals surface area contributed by atoms with Crippen LogP contribution < -0.4 is 9.62 Å². The summed E-state index contributed by atoms with van der Waals surface area (Å²) >= 11 is 6.24. The normalized spacial score (nSPS) is 14.7. The van der Waals surface area contributed by atoms with E-state index in [0.29, 0.717) is 10.7 Å². The molecule has 1 saturated carbocycles. The Morgan fingerprint density at radius 1 is 1.36 bits per heavy atom. The molecule has 0 heterocycles. The van der Waals surface area contributed by atoms with Gasteiger partial charge in [-0.1, -0.05) is 17.7 Å². The first-order valence-corrected chi connectivity index (χ1v) is 9.45. The number of hydrogen-bond acceptors (Lipinski definition) is 3. The molecule has 2 rings (SSSR count). The van der Waals surface area contributed by atoms with Gasteiger partial charge in [-0.2, -0.15) is 0 Å². The van der Waals surface area contributed by atoms with Crippen LogP contribution in [0.1, 0.15) is 24.0 Å². The SMILES string of the molecule is Cc1cc(C)c(N(CCNC(=O)C2CC2)S(C)(=O)=O)c(Cl)c1. The maximum Gasteiger partial charge on any atom is 0.232 e. The van der Waals surface area contributed by atoms with E-state index >= 15 is 0 Å². The van der Waals surface area contributed by atoms with Crippen molar-refractivity contribution in [3.8, 4) is 0 Å². The van der Waals surface area contributed by atoms with Gasteiger partial charge in [-0.3, -0.25) is 9.10 Å². The van der Waals surface area contributed by atoms with Gasteiger partial charge in [0.05, 0.1) is 23.5 Å². The van der Waals surface area contributed by atoms with Gasteiger partial charge in [0.1, 0.15) is 0 Å². The number of rotatable bonds is 6. The lowest BCUT2D eigenvalue weighted by Gasteiger charge is -2.25. The highest BCUT2D eigenvalue weighted by Gasteiger charge is 2.29. The first-order valence-electron chi connectivity index (χ1n) is 7.22. The van der Waals surface area contributed by atoms with Crippen LogP contribution in [0.4, 0.5) is 5.69 Å². The second-order valence-electron chi connectivity index (χ2n) is 5.81. The molecule has 0 bridgehead atoms. The number of amides is 1. The summed E-state index contributed by atoms with van der Waals surface area (Å²) in [6.45, 7) is 4.17. The van der Waals surface area contributed by atoms with Gasteiger partial charge in [-0.05, 0) is 43.9 Å². The molecule has 0 saturated heterocycles. The minimum atomic E-state index is -3.48. The Morgan fingerprint density at radius 3 is 2.50 bits per heavy atom. The molecule has 22 heavy (non-hydrogen) atoms. The summed E-state index contributed by atoms with van der Waals surface area (Å²) in [5.74, 6) is 0.108. The molecule has 1 aromatic rings. The van der Waals surface area contributed by atoms with E-state index in [2.05, 4.69) is 5.32 Å². The van der Waals surface area contributed by atoms with Crippen LogP contribution in [0.15, 0.2) is 12.1 Å². The van der Waals surface area contributed by atoms with Crippen LogP contribution in [-0.4, -0.2) is 33.7 Å². The monoisotopic (exact) mass is 344 g/mol. The highest BCUT2D eigenvalue weighted by atomic mass is 35.5. The molecule has 1 N–H and O–H groups in total. The molecule has 1 aromatic carbocycles. The minimum Gasteiger partial charge on any atom is -0.354 e. The molecule has 7 heteroatoms. The predicted molar refractivity (Wildman–Crippen MR) is 88.8 cm³/mol. The lowest BCUT2D eigenvalue weighted by molar-refractivity contribution is -0.122. The number of sulfonamides is 1. The summed E-state index contributed by atoms with van der Waals surface area (Å²) in [7, 11) is -3.48. The molecule has 1 fully saturated rings. The molecule has 0 aromatic heterocycles. The Labute approximate surface area is 136 Å². The zero-order valence-electron chi connectivity index (χ0n) is 13.0. The highest BCUT2D eigenvalue weighted by Crippen LogP contribution is 2.32. The predicted octanol–water partition coefficient (Wildman–Crippen LogP) is 2.25. The van der Waals surface area contributed by atoms with Crippen molar-refractivity contribution >= 4 is 33.2 Å². The summed E-state index contributed by atoms with van der Waals surface area (Å²) < 4.78 is 25.5. The molecule has 1 aliphatic carbocycles. The van der Waals surface area contributed by atoms with E-state index in [1.165, 1.54) is 4.31 Å². The van der Waals surface area contributed by atoms with Crippen LogP contribution in [0.25, 0.3) is 0 Å². The zero-order valence-corrected chi connectivity index (χ0v) is 14.6. The number of nitrogens with one attached hydrogen (secondary N) is 1. The number of anilines is 1. The Hall–Kier alpha value is -1.27. The smallest absolute Gasteiger partial charge is 0.232 e. The Morgan fingerprint density at radius 2 is 2.00 bits per heavy atom. The molecule has 0 spiro atoms. The largest absolute Gasteiger partial charge is 0.354 e. The lowest BCUT2D eigenvalue weighted by atomic mass is 10.1. The molecule has 0 atom stereocenters. The number of halogens is 1. The average Bonchev–Trinajstić information content (AvgIpc) is 3.18. The Balaban J connectivity index is 2.18. The van der Waals surface area contributed by atoms with Crippen molar-refractivity contribution in [3.05, 3.63) is 28.3 Å². The van der Waals surface area contributed by atoms with Crippen LogP contribution in [-0.2, 0) is 14.8 Å². The second-order valence-corrected chi connectivity index (χ2v) is 8.13. The highest BCUT2D eigenvalue weighted by molar-refractivity contribution is 7.92. The fraction of sp³-hybridized carbons (Fsp3) is 0.533. The minimum absolute atomic E-state index is 0.000163. The standard InChI is InChI=1S/C15H21ClN2O3S/c1-10-8-11(2)14(13(16)9-10)18(22(3,20)21)7-6-17-15(19)12-4-5-12/h8-9,12H,4-7H2,1-3H3,(H,17,19). The van der Waals surface area contributed by atoms with Crippen molar-refractivity contribution in [1.29, 1.82) is 0 Å². The van der Waals surface area contributed by atoms with E-state index in [9.17, 15) is 13.2 Å². The van der Waals surface area contributed by atoms with Crippen molar-refractivity contribution in [3.63, 3.8) is 0 Å². The summed E-state index contributed by atoms with van der Waals surface area (Å²) in [6, 6.07) is 3.63. The van der Waals surface area contributed by atoms with Gasteiger partial charge in [0.25, 0.3) is 0 Å². The van der Waals surface area contributed by atoms with E-state index in [1.54, 1.807) is 6.07 Å². The van der Waals surface area contributed by atoms with Gasteiger partial charge in [0.15, 0.2) is 0 Å². The summed E-state index contributed by atoms with van der Waals surface area (Å²) in [4.78, 5) is 11.6. The fourth-order valence-corrected chi connectivity index (χ4v) is 3.91. The van der Waals surface area contributed by atoms with Crippen LogP contribution in [0.5, 0.6) is 0 Å². The van der Waals surface area contributed by atoms with Crippen molar-refractivity contribution in [2.75, 3.05) is 23.7 Å². The van der Waals surface area contributed by atoms with Gasteiger partial charge in [0.2, 0.25) is 15.9 Å². The first-order chi connectivity index (χ1) is 10.2. The van der Waals surface area contributed by atoms with Crippen LogP contribution in [0.2, 0.25) is 5.02 Å². The maximum absolute atomic E-state index is 12.1. The number of benzene rings is 1. The van der Waals surface area contributed by atoms with Crippen molar-refractivity contribution in [2.45, 2.75) is 26.7 Å². The summed E-state index contributed by atoms with van der Waals surface area (Å²) in [5, 5.41) is 3.18. The lowest BCUT2D eigenvalue weighted by Crippen LogP contribution is -2.39. The summed E-state index contributed by atoms with van der Waals surface area (Å²) in [5.41, 5.74) is 2.25. The molecule has 0 radical (unpaired) electrons. The third-order valence-electron chi connectivity index (χ3n) is 3.61. The van der Waals surface area contributed by atoms with Gasteiger partial charge in [-0.15, -0.1) is 0 Å². The van der Waals surface area contributed by atoms with E-state index in [4.69, 9.17) is 11.6 Å². The van der Waals surface area contributed by atoms with Crippen molar-refractivity contribution in [1.82, 2.24) is 5.32 Å². The van der Waals surface area contributed by atoms with Gasteiger partial charge < -0.3 is 5.32 Å². The van der Waals surface area contributed by atoms with Gasteiger partial charge in [0, 0.05) is 12.5 Å². The number of carbonyl (C=O) groups is 1. The molecule has 5 nitrogen and oxygen atoms in total. The van der Waals surface area contributed by atoms with Gasteiger partial charge >= 0.3 is 0 Å². The molecule has 1 amide bonds. The Kier molecular flexibility index (Phi) is 5.02. The quantitative estimate of drug-likeness (QED) is 0.860. The molecular formula is C15H21ClN2O3S. The third kappa shape index (κ3) is 4.14. The van der Waals surface area contributed by atoms with E-state index < -0.39 is 10.0 Å². The van der Waals surface area contributed by atoms with Crippen molar-refractivity contribution in [2.24, 2.45) is 5.92 Å². The zero-order chi connectivity index (χ0) is 16.5. The van der Waals surface area contributed by atoms with Crippen LogP contribution in [0.3, 0.4) is 0 Å². The summed E-state index contributed by atoms with van der Waals surface area (Å²) in [6.07, 6.45) is 2.99.